The molecule has 0 saturated heterocycles. The zero-order valence-electron chi connectivity index (χ0n) is 4.82. The van der Waals surface area contributed by atoms with E-state index in [4.69, 9.17) is 5.73 Å². The molecule has 0 aliphatic rings. The van der Waals surface area contributed by atoms with Crippen LogP contribution in [0.3, 0.4) is 0 Å². The summed E-state index contributed by atoms with van der Waals surface area (Å²) in [4.78, 5) is 0. The lowest BCUT2D eigenvalue weighted by Gasteiger charge is -2.04. The number of nitrogens with two attached hydrogens (primary N) is 1. The molecule has 0 aromatic rings. The molecular formula is C5H12IN. The van der Waals surface area contributed by atoms with Gasteiger partial charge in [-0.25, -0.2) is 0 Å². The van der Waals surface area contributed by atoms with Crippen LogP contribution >= 0.6 is 22.6 Å². The summed E-state index contributed by atoms with van der Waals surface area (Å²) in [5.74, 6) is 0. The molecule has 1 nitrogen and oxygen atoms in total. The van der Waals surface area contributed by atoms with E-state index in [1.165, 1.54) is 0 Å². The van der Waals surface area contributed by atoms with Crippen LogP contribution in [-0.2, 0) is 0 Å². The second kappa shape index (κ2) is 3.66. The Labute approximate surface area is 58.8 Å². The van der Waals surface area contributed by atoms with Crippen LogP contribution < -0.4 is 5.73 Å². The molecule has 7 heavy (non-hydrogen) atoms. The van der Waals surface area contributed by atoms with Crippen molar-refractivity contribution < 1.29 is 0 Å². The van der Waals surface area contributed by atoms with E-state index in [1.807, 2.05) is 6.92 Å². The quantitative estimate of drug-likeness (QED) is 0.546. The lowest BCUT2D eigenvalue weighted by molar-refractivity contribution is 0.674. The van der Waals surface area contributed by atoms with Crippen LogP contribution in [0.2, 0.25) is 0 Å². The summed E-state index contributed by atoms with van der Waals surface area (Å²) < 4.78 is 0.720. The molecule has 2 heteroatoms. The van der Waals surface area contributed by atoms with Crippen LogP contribution in [0.25, 0.3) is 0 Å². The van der Waals surface area contributed by atoms with Crippen molar-refractivity contribution in [3.8, 4) is 0 Å². The average molecular weight is 213 g/mol. The highest BCUT2D eigenvalue weighted by molar-refractivity contribution is 14.1. The molecule has 0 aliphatic carbocycles. The molecule has 2 N–H and O–H groups in total. The van der Waals surface area contributed by atoms with Crippen molar-refractivity contribution in [3.05, 3.63) is 0 Å². The van der Waals surface area contributed by atoms with Gasteiger partial charge in [-0.2, -0.15) is 0 Å². The summed E-state index contributed by atoms with van der Waals surface area (Å²) in [6.07, 6.45) is 1.13. The van der Waals surface area contributed by atoms with Crippen LogP contribution in [0.1, 0.15) is 20.3 Å². The first kappa shape index (κ1) is 7.69. The third-order valence-electron chi connectivity index (χ3n) is 0.697. The molecule has 0 aromatic carbocycles. The van der Waals surface area contributed by atoms with E-state index in [1.54, 1.807) is 0 Å². The predicted molar refractivity (Wildman–Crippen MR) is 41.7 cm³/mol. The van der Waals surface area contributed by atoms with Crippen LogP contribution in [0.5, 0.6) is 0 Å². The maximum Gasteiger partial charge on any atom is 0.00959 e. The number of hydrogen-bond donors (Lipinski definition) is 1. The van der Waals surface area contributed by atoms with Crippen molar-refractivity contribution in [1.29, 1.82) is 0 Å². The summed E-state index contributed by atoms with van der Waals surface area (Å²) in [5, 5.41) is 0. The Morgan fingerprint density at radius 1 is 1.57 bits per heavy atom. The van der Waals surface area contributed by atoms with Crippen LogP contribution in [0.4, 0.5) is 0 Å². The Bertz CT molecular complexity index is 37.3. The summed E-state index contributed by atoms with van der Waals surface area (Å²) in [6, 6.07) is 0.367. The summed E-state index contributed by atoms with van der Waals surface area (Å²) in [5.41, 5.74) is 5.49. The fourth-order valence-electron chi connectivity index (χ4n) is 0.512. The molecular weight excluding hydrogens is 201 g/mol. The Morgan fingerprint density at radius 2 is 2.00 bits per heavy atom. The number of rotatable bonds is 2. The van der Waals surface area contributed by atoms with Gasteiger partial charge in [0.05, 0.1) is 0 Å². The van der Waals surface area contributed by atoms with Crippen molar-refractivity contribution in [3.63, 3.8) is 0 Å². The van der Waals surface area contributed by atoms with Gasteiger partial charge in [0.2, 0.25) is 0 Å². The fourth-order valence-corrected chi connectivity index (χ4v) is 1.31. The Kier molecular flexibility index (Phi) is 4.02. The van der Waals surface area contributed by atoms with Crippen LogP contribution in [0.15, 0.2) is 0 Å². The van der Waals surface area contributed by atoms with Crippen molar-refractivity contribution in [2.24, 2.45) is 5.73 Å². The standard InChI is InChI=1S/C5H12IN/c1-4(6)3-5(2)7/h4-5H,3,7H2,1-2H3/t4-,5-/m0/s1. The monoisotopic (exact) mass is 213 g/mol. The molecule has 0 heterocycles. The Morgan fingerprint density at radius 3 is 2.00 bits per heavy atom. The van der Waals surface area contributed by atoms with Gasteiger partial charge in [0.25, 0.3) is 0 Å². The van der Waals surface area contributed by atoms with Gasteiger partial charge in [-0.15, -0.1) is 0 Å². The maximum atomic E-state index is 5.49. The molecule has 0 aromatic heterocycles. The zero-order chi connectivity index (χ0) is 5.86. The molecule has 0 amide bonds. The van der Waals surface area contributed by atoms with Crippen LogP contribution in [-0.4, -0.2) is 9.97 Å². The van der Waals surface area contributed by atoms with Crippen molar-refractivity contribution in [2.45, 2.75) is 30.2 Å². The highest BCUT2D eigenvalue weighted by atomic mass is 127. The molecule has 2 atom stereocenters. The van der Waals surface area contributed by atoms with E-state index < -0.39 is 0 Å². The number of hydrogen-bond acceptors (Lipinski definition) is 1. The van der Waals surface area contributed by atoms with Gasteiger partial charge in [0.15, 0.2) is 0 Å². The third kappa shape index (κ3) is 6.69. The minimum atomic E-state index is 0.367. The largest absolute Gasteiger partial charge is 0.328 e. The first-order valence-electron chi connectivity index (χ1n) is 2.52. The van der Waals surface area contributed by atoms with E-state index in [9.17, 15) is 0 Å². The molecule has 0 spiro atoms. The first-order chi connectivity index (χ1) is 3.13. The van der Waals surface area contributed by atoms with Gasteiger partial charge < -0.3 is 5.73 Å². The fraction of sp³-hybridized carbons (Fsp3) is 1.00. The minimum absolute atomic E-state index is 0.367. The van der Waals surface area contributed by atoms with Crippen LogP contribution in [0, 0.1) is 0 Å². The van der Waals surface area contributed by atoms with E-state index in [-0.39, 0.29) is 0 Å². The molecule has 0 fully saturated rings. The first-order valence-corrected chi connectivity index (χ1v) is 3.77. The lowest BCUT2D eigenvalue weighted by Crippen LogP contribution is -2.17. The van der Waals surface area contributed by atoms with Gasteiger partial charge >= 0.3 is 0 Å². The maximum absolute atomic E-state index is 5.49. The summed E-state index contributed by atoms with van der Waals surface area (Å²) in [6.45, 7) is 4.21. The number of alkyl halides is 1. The molecule has 0 aliphatic heterocycles. The average Bonchev–Trinajstić information content (AvgIpc) is 1.27. The Balaban J connectivity index is 2.95. The molecule has 0 rings (SSSR count). The molecule has 0 radical (unpaired) electrons. The second-order valence-electron chi connectivity index (χ2n) is 1.99. The SMILES string of the molecule is C[C@H](N)C[C@H](C)I. The predicted octanol–water partition coefficient (Wildman–Crippen LogP) is 1.55. The normalized spacial score (nSPS) is 18.9. The molecule has 44 valence electrons. The molecule has 0 unspecified atom stereocenters. The number of halogens is 1. The highest BCUT2D eigenvalue weighted by Crippen LogP contribution is 2.04. The van der Waals surface area contributed by atoms with E-state index in [0.717, 1.165) is 10.3 Å². The smallest absolute Gasteiger partial charge is 0.00959 e. The van der Waals surface area contributed by atoms with E-state index in [0.29, 0.717) is 6.04 Å². The zero-order valence-corrected chi connectivity index (χ0v) is 6.97. The lowest BCUT2D eigenvalue weighted by atomic mass is 10.2. The topological polar surface area (TPSA) is 26.0 Å². The Hall–Kier alpha value is 0.690. The van der Waals surface area contributed by atoms with Gasteiger partial charge in [-0.05, 0) is 13.3 Å². The van der Waals surface area contributed by atoms with Crippen molar-refractivity contribution in [1.82, 2.24) is 0 Å². The summed E-state index contributed by atoms with van der Waals surface area (Å²) >= 11 is 2.38. The summed E-state index contributed by atoms with van der Waals surface area (Å²) in [7, 11) is 0. The van der Waals surface area contributed by atoms with Gasteiger partial charge in [-0.3, -0.25) is 0 Å². The molecule has 0 saturated carbocycles. The second-order valence-corrected chi connectivity index (χ2v) is 4.12. The van der Waals surface area contributed by atoms with Crippen molar-refractivity contribution >= 4 is 22.6 Å². The molecule has 0 bridgehead atoms. The van der Waals surface area contributed by atoms with E-state index >= 15 is 0 Å². The van der Waals surface area contributed by atoms with Crippen molar-refractivity contribution in [2.75, 3.05) is 0 Å². The highest BCUT2D eigenvalue weighted by Gasteiger charge is 1.97. The van der Waals surface area contributed by atoms with Gasteiger partial charge in [0, 0.05) is 9.97 Å². The van der Waals surface area contributed by atoms with Gasteiger partial charge in [-0.1, -0.05) is 29.5 Å². The van der Waals surface area contributed by atoms with Gasteiger partial charge in [0.1, 0.15) is 0 Å². The third-order valence-corrected chi connectivity index (χ3v) is 1.21. The minimum Gasteiger partial charge on any atom is -0.328 e. The van der Waals surface area contributed by atoms with E-state index in [2.05, 4.69) is 29.5 Å².